The molecule has 0 aliphatic heterocycles. The van der Waals surface area contributed by atoms with Crippen molar-refractivity contribution in [3.05, 3.63) is 15.9 Å². The molecule has 7 nitrogen and oxygen atoms in total. The van der Waals surface area contributed by atoms with Gasteiger partial charge in [0.05, 0.1) is 12.0 Å². The Morgan fingerprint density at radius 2 is 2.08 bits per heavy atom. The van der Waals surface area contributed by atoms with Crippen molar-refractivity contribution >= 4 is 17.7 Å². The Hall–Kier alpha value is -2.05. The molecule has 0 saturated carbocycles. The monoisotopic (exact) mass is 183 g/mol. The molecular formula is C6H9N5O2. The van der Waals surface area contributed by atoms with Gasteiger partial charge in [-0.15, -0.1) is 0 Å². The summed E-state index contributed by atoms with van der Waals surface area (Å²) in [6.45, 7) is 0. The molecule has 13 heavy (non-hydrogen) atoms. The number of hydrogen-bond donors (Lipinski definition) is 4. The van der Waals surface area contributed by atoms with E-state index in [1.165, 1.54) is 0 Å². The van der Waals surface area contributed by atoms with Gasteiger partial charge in [0.2, 0.25) is 11.9 Å². The number of nitrogen functional groups attached to an aromatic ring is 2. The van der Waals surface area contributed by atoms with E-state index in [-0.39, 0.29) is 23.8 Å². The van der Waals surface area contributed by atoms with Crippen LogP contribution in [0.5, 0.6) is 0 Å². The molecule has 0 aromatic carbocycles. The van der Waals surface area contributed by atoms with E-state index in [0.29, 0.717) is 0 Å². The maximum atomic E-state index is 11.1. The third-order valence-electron chi connectivity index (χ3n) is 1.42. The summed E-state index contributed by atoms with van der Waals surface area (Å²) < 4.78 is 0. The second-order valence-corrected chi connectivity index (χ2v) is 2.46. The van der Waals surface area contributed by atoms with Crippen LogP contribution in [0.15, 0.2) is 4.79 Å². The maximum absolute atomic E-state index is 11.1. The Morgan fingerprint density at radius 1 is 1.46 bits per heavy atom. The van der Waals surface area contributed by atoms with Gasteiger partial charge in [-0.25, -0.2) is 0 Å². The number of carbonyl (C=O) groups excluding carboxylic acids is 1. The summed E-state index contributed by atoms with van der Waals surface area (Å²) in [7, 11) is 0. The molecule has 0 spiro atoms. The fraction of sp³-hybridized carbons (Fsp3) is 0.167. The zero-order chi connectivity index (χ0) is 10.0. The molecular weight excluding hydrogens is 174 g/mol. The number of rotatable bonds is 2. The Balaban J connectivity index is 3.21. The zero-order valence-corrected chi connectivity index (χ0v) is 6.70. The summed E-state index contributed by atoms with van der Waals surface area (Å²) in [5, 5.41) is 0. The van der Waals surface area contributed by atoms with Crippen molar-refractivity contribution in [1.29, 1.82) is 0 Å². The normalized spacial score (nSPS) is 9.85. The number of aromatic nitrogens is 2. The lowest BCUT2D eigenvalue weighted by Crippen LogP contribution is -2.24. The molecule has 1 rings (SSSR count). The highest BCUT2D eigenvalue weighted by Gasteiger charge is 2.09. The molecule has 7 heteroatoms. The van der Waals surface area contributed by atoms with Crippen molar-refractivity contribution in [1.82, 2.24) is 9.97 Å². The van der Waals surface area contributed by atoms with E-state index < -0.39 is 11.5 Å². The summed E-state index contributed by atoms with van der Waals surface area (Å²) in [6.07, 6.45) is -0.242. The molecule has 0 unspecified atom stereocenters. The highest BCUT2D eigenvalue weighted by atomic mass is 16.1. The molecule has 1 heterocycles. The number of anilines is 2. The first-order chi connectivity index (χ1) is 6.00. The number of nitrogens with two attached hydrogens (primary N) is 3. The number of primary amides is 1. The Kier molecular flexibility index (Phi) is 2.18. The van der Waals surface area contributed by atoms with Crippen LogP contribution in [0.1, 0.15) is 5.56 Å². The number of hydrogen-bond acceptors (Lipinski definition) is 5. The van der Waals surface area contributed by atoms with Crippen LogP contribution in [-0.4, -0.2) is 15.9 Å². The Bertz CT molecular complexity index is 397. The fourth-order valence-corrected chi connectivity index (χ4v) is 0.878. The quantitative estimate of drug-likeness (QED) is 0.418. The van der Waals surface area contributed by atoms with E-state index in [1.807, 2.05) is 0 Å². The van der Waals surface area contributed by atoms with Crippen molar-refractivity contribution in [3.63, 3.8) is 0 Å². The highest BCUT2D eigenvalue weighted by molar-refractivity contribution is 5.77. The first-order valence-electron chi connectivity index (χ1n) is 3.43. The third kappa shape index (κ3) is 1.95. The molecule has 0 aliphatic rings. The number of nitrogens with one attached hydrogen (secondary N) is 1. The van der Waals surface area contributed by atoms with Crippen molar-refractivity contribution < 1.29 is 4.79 Å². The van der Waals surface area contributed by atoms with Gasteiger partial charge >= 0.3 is 0 Å². The van der Waals surface area contributed by atoms with Crippen molar-refractivity contribution in [2.45, 2.75) is 6.42 Å². The van der Waals surface area contributed by atoms with E-state index in [4.69, 9.17) is 17.2 Å². The first-order valence-corrected chi connectivity index (χ1v) is 3.43. The van der Waals surface area contributed by atoms with E-state index in [9.17, 15) is 9.59 Å². The molecule has 1 aromatic heterocycles. The van der Waals surface area contributed by atoms with Crippen molar-refractivity contribution in [2.24, 2.45) is 5.73 Å². The largest absolute Gasteiger partial charge is 0.383 e. The molecule has 0 saturated heterocycles. The van der Waals surface area contributed by atoms with Gasteiger partial charge in [-0.2, -0.15) is 4.98 Å². The van der Waals surface area contributed by atoms with Crippen LogP contribution >= 0.6 is 0 Å². The molecule has 0 radical (unpaired) electrons. The number of carbonyl (C=O) groups is 1. The summed E-state index contributed by atoms with van der Waals surface area (Å²) in [4.78, 5) is 27.4. The SMILES string of the molecule is NC(=O)Cc1c(N)nc(N)[nH]c1=O. The van der Waals surface area contributed by atoms with Gasteiger partial charge in [-0.05, 0) is 0 Å². The second-order valence-electron chi connectivity index (χ2n) is 2.46. The van der Waals surface area contributed by atoms with Crippen LogP contribution in [0.4, 0.5) is 11.8 Å². The number of nitrogens with zero attached hydrogens (tertiary/aromatic N) is 1. The number of H-pyrrole nitrogens is 1. The van der Waals surface area contributed by atoms with Crippen molar-refractivity contribution in [3.8, 4) is 0 Å². The van der Waals surface area contributed by atoms with E-state index >= 15 is 0 Å². The van der Waals surface area contributed by atoms with Gasteiger partial charge in [-0.1, -0.05) is 0 Å². The average Bonchev–Trinajstić information content (AvgIpc) is 1.96. The highest BCUT2D eigenvalue weighted by Crippen LogP contribution is 2.03. The van der Waals surface area contributed by atoms with Gasteiger partial charge in [-0.3, -0.25) is 14.6 Å². The minimum Gasteiger partial charge on any atom is -0.383 e. The number of aromatic amines is 1. The smallest absolute Gasteiger partial charge is 0.258 e. The van der Waals surface area contributed by atoms with Crippen LogP contribution < -0.4 is 22.8 Å². The lowest BCUT2D eigenvalue weighted by molar-refractivity contribution is -0.117. The third-order valence-corrected chi connectivity index (χ3v) is 1.42. The molecule has 0 atom stereocenters. The van der Waals surface area contributed by atoms with E-state index in [0.717, 1.165) is 0 Å². The predicted octanol–water partition coefficient (Wildman–Crippen LogP) is -2.04. The molecule has 1 aromatic rings. The minimum atomic E-state index is -0.649. The van der Waals surface area contributed by atoms with Gasteiger partial charge in [0.1, 0.15) is 5.82 Å². The molecule has 0 fully saturated rings. The molecule has 0 bridgehead atoms. The van der Waals surface area contributed by atoms with E-state index in [2.05, 4.69) is 9.97 Å². The Morgan fingerprint density at radius 3 is 2.54 bits per heavy atom. The van der Waals surface area contributed by atoms with Crippen LogP contribution in [0.3, 0.4) is 0 Å². The van der Waals surface area contributed by atoms with Gasteiger partial charge in [0.25, 0.3) is 5.56 Å². The van der Waals surface area contributed by atoms with Gasteiger partial charge in [0, 0.05) is 0 Å². The zero-order valence-electron chi connectivity index (χ0n) is 6.70. The van der Waals surface area contributed by atoms with Crippen LogP contribution in [-0.2, 0) is 11.2 Å². The lowest BCUT2D eigenvalue weighted by atomic mass is 10.2. The summed E-state index contributed by atoms with van der Waals surface area (Å²) in [6, 6.07) is 0. The maximum Gasteiger partial charge on any atom is 0.258 e. The predicted molar refractivity (Wildman–Crippen MR) is 46.6 cm³/mol. The minimum absolute atomic E-state index is 0.0432. The summed E-state index contributed by atoms with van der Waals surface area (Å²) in [5.41, 5.74) is 14.9. The van der Waals surface area contributed by atoms with Gasteiger partial charge < -0.3 is 17.2 Å². The Labute approximate surface area is 72.9 Å². The molecule has 1 amide bonds. The topological polar surface area (TPSA) is 141 Å². The van der Waals surface area contributed by atoms with Crippen LogP contribution in [0.2, 0.25) is 0 Å². The summed E-state index contributed by atoms with van der Waals surface area (Å²) >= 11 is 0. The molecule has 0 aliphatic carbocycles. The van der Waals surface area contributed by atoms with Crippen LogP contribution in [0.25, 0.3) is 0 Å². The van der Waals surface area contributed by atoms with Crippen molar-refractivity contribution in [2.75, 3.05) is 11.5 Å². The van der Waals surface area contributed by atoms with Crippen LogP contribution in [0, 0.1) is 0 Å². The van der Waals surface area contributed by atoms with Gasteiger partial charge in [0.15, 0.2) is 0 Å². The standard InChI is InChI=1S/C6H9N5O2/c7-3(12)1-2-4(8)10-6(9)11-5(2)13/h1H2,(H2,7,12)(H5,8,9,10,11,13). The number of amides is 1. The second kappa shape index (κ2) is 3.13. The fourth-order valence-electron chi connectivity index (χ4n) is 0.878. The first kappa shape index (κ1) is 9.04. The summed E-state index contributed by atoms with van der Waals surface area (Å²) in [5.74, 6) is -0.806. The van der Waals surface area contributed by atoms with E-state index in [1.54, 1.807) is 0 Å². The average molecular weight is 183 g/mol. The molecule has 7 N–H and O–H groups in total. The molecule has 70 valence electrons. The lowest BCUT2D eigenvalue weighted by Gasteiger charge is -2.01.